The molecule has 2 aromatic carbocycles. The van der Waals surface area contributed by atoms with Crippen molar-refractivity contribution in [2.24, 2.45) is 5.92 Å². The molecule has 0 aliphatic carbocycles. The lowest BCUT2D eigenvalue weighted by Gasteiger charge is -2.28. The predicted molar refractivity (Wildman–Crippen MR) is 98.1 cm³/mol. The highest BCUT2D eigenvalue weighted by Crippen LogP contribution is 2.43. The Balaban J connectivity index is 1.74. The number of hydroxylamine groups is 1. The van der Waals surface area contributed by atoms with E-state index in [2.05, 4.69) is 0 Å². The van der Waals surface area contributed by atoms with Crippen LogP contribution in [0, 0.1) is 5.92 Å². The molecule has 0 N–H and O–H groups in total. The van der Waals surface area contributed by atoms with Crippen molar-refractivity contribution in [2.75, 3.05) is 11.6 Å². The number of para-hydroxylation sites is 1. The third kappa shape index (κ3) is 2.88. The van der Waals surface area contributed by atoms with Gasteiger partial charge < -0.3 is 0 Å². The van der Waals surface area contributed by atoms with E-state index in [0.29, 0.717) is 13.0 Å². The van der Waals surface area contributed by atoms with Crippen molar-refractivity contribution < 1.29 is 14.4 Å². The molecule has 3 atom stereocenters. The SMILES string of the molecule is C[C@@H]1ON(c2ccccc2)[C@@H](c2ccccc2)[C@H]1C(=O)N1CCCC1=O. The van der Waals surface area contributed by atoms with Gasteiger partial charge in [-0.15, -0.1) is 0 Å². The number of hydrogen-bond acceptors (Lipinski definition) is 4. The topological polar surface area (TPSA) is 49.9 Å². The largest absolute Gasteiger partial charge is 0.282 e. The molecular formula is C21H22N2O3. The van der Waals surface area contributed by atoms with Crippen LogP contribution < -0.4 is 5.06 Å². The molecule has 0 radical (unpaired) electrons. The summed E-state index contributed by atoms with van der Waals surface area (Å²) >= 11 is 0. The molecule has 2 heterocycles. The van der Waals surface area contributed by atoms with Crippen molar-refractivity contribution in [1.82, 2.24) is 4.90 Å². The van der Waals surface area contributed by atoms with E-state index in [1.807, 2.05) is 72.7 Å². The maximum Gasteiger partial charge on any atom is 0.237 e. The maximum atomic E-state index is 13.2. The van der Waals surface area contributed by atoms with Gasteiger partial charge >= 0.3 is 0 Å². The first-order chi connectivity index (χ1) is 12.7. The molecule has 2 saturated heterocycles. The second-order valence-electron chi connectivity index (χ2n) is 6.84. The Morgan fingerprint density at radius 3 is 2.31 bits per heavy atom. The Kier molecular flexibility index (Phi) is 4.47. The zero-order valence-electron chi connectivity index (χ0n) is 14.7. The van der Waals surface area contributed by atoms with E-state index >= 15 is 0 Å². The summed E-state index contributed by atoms with van der Waals surface area (Å²) in [6, 6.07) is 19.4. The zero-order valence-corrected chi connectivity index (χ0v) is 14.7. The van der Waals surface area contributed by atoms with E-state index in [4.69, 9.17) is 4.84 Å². The molecule has 26 heavy (non-hydrogen) atoms. The van der Waals surface area contributed by atoms with Crippen LogP contribution in [0.15, 0.2) is 60.7 Å². The highest BCUT2D eigenvalue weighted by atomic mass is 16.7. The molecule has 0 bridgehead atoms. The summed E-state index contributed by atoms with van der Waals surface area (Å²) in [5, 5.41) is 1.82. The van der Waals surface area contributed by atoms with Gasteiger partial charge in [0.05, 0.1) is 23.8 Å². The maximum absolute atomic E-state index is 13.2. The summed E-state index contributed by atoms with van der Waals surface area (Å²) in [6.07, 6.45) is 0.873. The molecule has 2 fully saturated rings. The summed E-state index contributed by atoms with van der Waals surface area (Å²) < 4.78 is 0. The minimum Gasteiger partial charge on any atom is -0.282 e. The van der Waals surface area contributed by atoms with E-state index < -0.39 is 5.92 Å². The molecular weight excluding hydrogens is 328 g/mol. The molecule has 2 aromatic rings. The van der Waals surface area contributed by atoms with E-state index in [1.54, 1.807) is 0 Å². The number of hydrogen-bond donors (Lipinski definition) is 0. The van der Waals surface area contributed by atoms with Gasteiger partial charge in [-0.3, -0.25) is 19.3 Å². The van der Waals surface area contributed by atoms with Gasteiger partial charge in [-0.1, -0.05) is 48.5 Å². The first-order valence-electron chi connectivity index (χ1n) is 9.07. The van der Waals surface area contributed by atoms with Crippen LogP contribution in [0.2, 0.25) is 0 Å². The molecule has 5 heteroatoms. The van der Waals surface area contributed by atoms with Crippen molar-refractivity contribution in [2.45, 2.75) is 31.9 Å². The molecule has 2 aliphatic heterocycles. The number of carbonyl (C=O) groups is 2. The molecule has 2 aliphatic rings. The second kappa shape index (κ2) is 6.92. The van der Waals surface area contributed by atoms with Crippen LogP contribution in [0.3, 0.4) is 0 Å². The van der Waals surface area contributed by atoms with Gasteiger partial charge in [0.2, 0.25) is 11.8 Å². The third-order valence-corrected chi connectivity index (χ3v) is 5.15. The third-order valence-electron chi connectivity index (χ3n) is 5.15. The van der Waals surface area contributed by atoms with E-state index in [0.717, 1.165) is 17.7 Å². The number of likely N-dealkylation sites (tertiary alicyclic amines) is 1. The van der Waals surface area contributed by atoms with Crippen LogP contribution >= 0.6 is 0 Å². The molecule has 0 unspecified atom stereocenters. The van der Waals surface area contributed by atoms with Gasteiger partial charge in [0.15, 0.2) is 0 Å². The lowest BCUT2D eigenvalue weighted by Crippen LogP contribution is -2.42. The summed E-state index contributed by atoms with van der Waals surface area (Å²) in [6.45, 7) is 2.41. The number of benzene rings is 2. The number of anilines is 1. The monoisotopic (exact) mass is 350 g/mol. The van der Waals surface area contributed by atoms with Crippen LogP contribution in [-0.4, -0.2) is 29.4 Å². The molecule has 0 spiro atoms. The first kappa shape index (κ1) is 16.8. The van der Waals surface area contributed by atoms with Crippen LogP contribution in [-0.2, 0) is 14.4 Å². The fraction of sp³-hybridized carbons (Fsp3) is 0.333. The van der Waals surface area contributed by atoms with Crippen LogP contribution in [0.25, 0.3) is 0 Å². The normalized spacial score (nSPS) is 25.7. The fourth-order valence-electron chi connectivity index (χ4n) is 3.90. The molecule has 134 valence electrons. The lowest BCUT2D eigenvalue weighted by molar-refractivity contribution is -0.145. The number of rotatable bonds is 3. The quantitative estimate of drug-likeness (QED) is 0.797. The van der Waals surface area contributed by atoms with E-state index in [9.17, 15) is 9.59 Å². The average molecular weight is 350 g/mol. The van der Waals surface area contributed by atoms with Crippen LogP contribution in [0.4, 0.5) is 5.69 Å². The van der Waals surface area contributed by atoms with Crippen molar-refractivity contribution in [1.29, 1.82) is 0 Å². The molecule has 0 saturated carbocycles. The Morgan fingerprint density at radius 2 is 1.69 bits per heavy atom. The highest BCUT2D eigenvalue weighted by Gasteiger charge is 2.49. The minimum absolute atomic E-state index is 0.0767. The smallest absolute Gasteiger partial charge is 0.237 e. The molecule has 4 rings (SSSR count). The number of amides is 2. The van der Waals surface area contributed by atoms with Gasteiger partial charge in [-0.25, -0.2) is 5.06 Å². The predicted octanol–water partition coefficient (Wildman–Crippen LogP) is 3.33. The zero-order chi connectivity index (χ0) is 18.1. The fourth-order valence-corrected chi connectivity index (χ4v) is 3.90. The van der Waals surface area contributed by atoms with Crippen molar-refractivity contribution in [3.8, 4) is 0 Å². The number of imide groups is 1. The number of nitrogens with zero attached hydrogens (tertiary/aromatic N) is 2. The Hall–Kier alpha value is -2.66. The van der Waals surface area contributed by atoms with Crippen molar-refractivity contribution in [3.63, 3.8) is 0 Å². The number of carbonyl (C=O) groups excluding carboxylic acids is 2. The van der Waals surface area contributed by atoms with Gasteiger partial charge in [0.25, 0.3) is 0 Å². The molecule has 2 amide bonds. The minimum atomic E-state index is -0.431. The summed E-state index contributed by atoms with van der Waals surface area (Å²) in [5.41, 5.74) is 1.90. The van der Waals surface area contributed by atoms with Gasteiger partial charge in [0, 0.05) is 13.0 Å². The highest BCUT2D eigenvalue weighted by molar-refractivity contribution is 5.98. The average Bonchev–Trinajstić information content (AvgIpc) is 3.26. The standard InChI is InChI=1S/C21H22N2O3/c1-15-19(21(25)22-14-8-13-18(22)24)20(16-9-4-2-5-10-16)23(26-15)17-11-6-3-7-12-17/h2-7,9-12,15,19-20H,8,13-14H2,1H3/t15-,19-,20-/m0/s1. The van der Waals surface area contributed by atoms with Crippen molar-refractivity contribution in [3.05, 3.63) is 66.2 Å². The Morgan fingerprint density at radius 1 is 1.04 bits per heavy atom. The van der Waals surface area contributed by atoms with Crippen LogP contribution in [0.1, 0.15) is 31.4 Å². The van der Waals surface area contributed by atoms with Crippen molar-refractivity contribution >= 4 is 17.5 Å². The van der Waals surface area contributed by atoms with Gasteiger partial charge in [0.1, 0.15) is 0 Å². The lowest BCUT2D eigenvalue weighted by atomic mass is 9.88. The summed E-state index contributed by atoms with van der Waals surface area (Å²) in [7, 11) is 0. The van der Waals surface area contributed by atoms with E-state index in [1.165, 1.54) is 4.90 Å². The van der Waals surface area contributed by atoms with Gasteiger partial charge in [-0.05, 0) is 31.0 Å². The first-order valence-corrected chi connectivity index (χ1v) is 9.07. The molecule has 5 nitrogen and oxygen atoms in total. The summed E-state index contributed by atoms with van der Waals surface area (Å²) in [5.74, 6) is -0.640. The Bertz CT molecular complexity index is 793. The van der Waals surface area contributed by atoms with Gasteiger partial charge in [-0.2, -0.15) is 0 Å². The second-order valence-corrected chi connectivity index (χ2v) is 6.84. The summed E-state index contributed by atoms with van der Waals surface area (Å²) in [4.78, 5) is 32.9. The van der Waals surface area contributed by atoms with Crippen LogP contribution in [0.5, 0.6) is 0 Å². The molecule has 0 aromatic heterocycles. The van der Waals surface area contributed by atoms with E-state index in [-0.39, 0.29) is 24.0 Å². The Labute approximate surface area is 153 Å².